The van der Waals surface area contributed by atoms with E-state index in [9.17, 15) is 18.7 Å². The average Bonchev–Trinajstić information content (AvgIpc) is 2.81. The summed E-state index contributed by atoms with van der Waals surface area (Å²) in [5, 5.41) is 12.5. The predicted molar refractivity (Wildman–Crippen MR) is 122 cm³/mol. The number of amidine groups is 1. The van der Waals surface area contributed by atoms with Crippen LogP contribution in [0, 0.1) is 24.1 Å². The molecule has 8 nitrogen and oxygen atoms in total. The van der Waals surface area contributed by atoms with Crippen LogP contribution in [0.1, 0.15) is 29.9 Å². The molecule has 0 unspecified atom stereocenters. The summed E-state index contributed by atoms with van der Waals surface area (Å²) in [6.45, 7) is 2.04. The molecule has 1 aromatic carbocycles. The molecule has 2 heterocycles. The first-order valence-corrected chi connectivity index (χ1v) is 10.7. The van der Waals surface area contributed by atoms with Crippen LogP contribution in [-0.2, 0) is 5.54 Å². The van der Waals surface area contributed by atoms with Crippen LogP contribution in [0.3, 0.4) is 0 Å². The van der Waals surface area contributed by atoms with Gasteiger partial charge in [-0.1, -0.05) is 24.6 Å². The summed E-state index contributed by atoms with van der Waals surface area (Å²) >= 11 is 1.12. The minimum absolute atomic E-state index is 0.00809. The standard InChI is InChI=1S/C22H23F2N5O3S/c1-4-7-32-18-10-26-17(9-27-18)19(31)28-14-5-6-16(24)15(8-14)22(11-23)13(2)21(3,12-30)33-20(25)29-22/h1,5-6,8-10,13,30H,7,11-12H2,2-3H3,(H2,25,29)(H,28,31)/t13-,21-,22+/m1/s1. The fourth-order valence-electron chi connectivity index (χ4n) is 3.58. The molecule has 33 heavy (non-hydrogen) atoms. The fraction of sp³-hybridized carbons (Fsp3) is 0.364. The maximum absolute atomic E-state index is 14.9. The monoisotopic (exact) mass is 475 g/mol. The van der Waals surface area contributed by atoms with Gasteiger partial charge in [-0.05, 0) is 25.1 Å². The first-order chi connectivity index (χ1) is 15.7. The smallest absolute Gasteiger partial charge is 0.275 e. The number of alkyl halides is 1. The molecule has 1 aliphatic heterocycles. The number of rotatable bonds is 7. The predicted octanol–water partition coefficient (Wildman–Crippen LogP) is 2.49. The number of hydrogen-bond acceptors (Lipinski definition) is 8. The lowest BCUT2D eigenvalue weighted by molar-refractivity contribution is 0.102. The van der Waals surface area contributed by atoms with E-state index in [0.29, 0.717) is 0 Å². The highest BCUT2D eigenvalue weighted by atomic mass is 32.2. The summed E-state index contributed by atoms with van der Waals surface area (Å²) in [6.07, 6.45) is 7.56. The normalized spacial score (nSPS) is 24.5. The summed E-state index contributed by atoms with van der Waals surface area (Å²) in [7, 11) is 0. The van der Waals surface area contributed by atoms with E-state index in [1.54, 1.807) is 13.8 Å². The Labute approximate surface area is 194 Å². The van der Waals surface area contributed by atoms with Crippen LogP contribution >= 0.6 is 11.8 Å². The van der Waals surface area contributed by atoms with Gasteiger partial charge in [-0.25, -0.2) is 23.7 Å². The number of ether oxygens (including phenoxy) is 1. The van der Waals surface area contributed by atoms with Crippen molar-refractivity contribution in [3.05, 3.63) is 47.7 Å². The minimum atomic E-state index is -1.67. The van der Waals surface area contributed by atoms with Crippen LogP contribution in [0.2, 0.25) is 0 Å². The van der Waals surface area contributed by atoms with Gasteiger partial charge in [-0.3, -0.25) is 4.79 Å². The van der Waals surface area contributed by atoms with E-state index in [1.807, 2.05) is 0 Å². The first kappa shape index (κ1) is 24.4. The van der Waals surface area contributed by atoms with Crippen molar-refractivity contribution in [2.75, 3.05) is 25.2 Å². The van der Waals surface area contributed by atoms with Gasteiger partial charge in [0, 0.05) is 21.9 Å². The summed E-state index contributed by atoms with van der Waals surface area (Å²) < 4.78 is 33.7. The van der Waals surface area contributed by atoms with Crippen LogP contribution in [0.25, 0.3) is 0 Å². The lowest BCUT2D eigenvalue weighted by Crippen LogP contribution is -2.53. The van der Waals surface area contributed by atoms with Gasteiger partial charge >= 0.3 is 0 Å². The van der Waals surface area contributed by atoms with Crippen molar-refractivity contribution in [1.82, 2.24) is 9.97 Å². The van der Waals surface area contributed by atoms with Crippen LogP contribution in [-0.4, -0.2) is 50.8 Å². The van der Waals surface area contributed by atoms with Crippen molar-refractivity contribution >= 4 is 28.5 Å². The highest BCUT2D eigenvalue weighted by molar-refractivity contribution is 8.15. The molecule has 0 saturated heterocycles. The van der Waals surface area contributed by atoms with Crippen molar-refractivity contribution in [3.63, 3.8) is 0 Å². The van der Waals surface area contributed by atoms with Crippen molar-refractivity contribution in [2.45, 2.75) is 24.1 Å². The van der Waals surface area contributed by atoms with Gasteiger partial charge in [-0.15, -0.1) is 6.42 Å². The Hall–Kier alpha value is -3.23. The third kappa shape index (κ3) is 4.77. The molecule has 2 aromatic rings. The third-order valence-corrected chi connectivity index (χ3v) is 6.90. The number of aromatic nitrogens is 2. The second-order valence-electron chi connectivity index (χ2n) is 7.68. The number of nitrogens with zero attached hydrogens (tertiary/aromatic N) is 3. The molecule has 3 atom stereocenters. The van der Waals surface area contributed by atoms with Gasteiger partial charge in [-0.2, -0.15) is 0 Å². The molecule has 0 radical (unpaired) electrons. The number of nitrogens with one attached hydrogen (secondary N) is 1. The number of aliphatic hydroxyl groups excluding tert-OH is 1. The number of thioether (sulfide) groups is 1. The second-order valence-corrected chi connectivity index (χ2v) is 9.24. The van der Waals surface area contributed by atoms with E-state index in [4.69, 9.17) is 16.9 Å². The van der Waals surface area contributed by atoms with Crippen molar-refractivity contribution in [2.24, 2.45) is 16.6 Å². The molecule has 0 bridgehead atoms. The van der Waals surface area contributed by atoms with E-state index >= 15 is 0 Å². The zero-order chi connectivity index (χ0) is 24.2. The number of amides is 1. The summed E-state index contributed by atoms with van der Waals surface area (Å²) in [6, 6.07) is 3.76. The highest BCUT2D eigenvalue weighted by Crippen LogP contribution is 2.50. The molecule has 1 aliphatic rings. The molecule has 3 rings (SSSR count). The fourth-order valence-corrected chi connectivity index (χ4v) is 4.71. The molecule has 0 fully saturated rings. The molecule has 174 valence electrons. The Kier molecular flexibility index (Phi) is 7.19. The molecular weight excluding hydrogens is 452 g/mol. The molecule has 0 saturated carbocycles. The number of terminal acetylenes is 1. The lowest BCUT2D eigenvalue weighted by atomic mass is 9.73. The molecule has 1 amide bonds. The van der Waals surface area contributed by atoms with Crippen LogP contribution < -0.4 is 15.8 Å². The van der Waals surface area contributed by atoms with E-state index < -0.39 is 34.6 Å². The van der Waals surface area contributed by atoms with Crippen LogP contribution in [0.5, 0.6) is 5.88 Å². The zero-order valence-corrected chi connectivity index (χ0v) is 18.8. The molecule has 4 N–H and O–H groups in total. The molecular formula is C22H23F2N5O3S. The SMILES string of the molecule is C#CCOc1cnc(C(=O)Nc2ccc(F)c([C@@]3(CF)N=C(N)S[C@](C)(CO)[C@H]3C)c2)cn1. The van der Waals surface area contributed by atoms with E-state index in [0.717, 1.165) is 17.8 Å². The largest absolute Gasteiger partial charge is 0.463 e. The van der Waals surface area contributed by atoms with Crippen LogP contribution in [0.4, 0.5) is 14.5 Å². The number of anilines is 1. The Bertz CT molecular complexity index is 1110. The zero-order valence-electron chi connectivity index (χ0n) is 18.0. The van der Waals surface area contributed by atoms with E-state index in [-0.39, 0.29) is 41.2 Å². The Morgan fingerprint density at radius 3 is 2.79 bits per heavy atom. The first-order valence-electron chi connectivity index (χ1n) is 9.90. The number of nitrogens with two attached hydrogens (primary N) is 1. The number of aliphatic hydroxyl groups is 1. The number of halogens is 2. The molecule has 11 heteroatoms. The number of aliphatic imine (C=N–C) groups is 1. The number of carbonyl (C=O) groups is 1. The van der Waals surface area contributed by atoms with Gasteiger partial charge in [0.1, 0.15) is 23.7 Å². The summed E-state index contributed by atoms with van der Waals surface area (Å²) in [4.78, 5) is 24.8. The van der Waals surface area contributed by atoms with Crippen LogP contribution in [0.15, 0.2) is 35.6 Å². The number of hydrogen-bond donors (Lipinski definition) is 3. The van der Waals surface area contributed by atoms with Crippen molar-refractivity contribution in [3.8, 4) is 18.2 Å². The maximum Gasteiger partial charge on any atom is 0.275 e. The van der Waals surface area contributed by atoms with E-state index in [2.05, 4.69) is 26.2 Å². The van der Waals surface area contributed by atoms with Gasteiger partial charge < -0.3 is 20.9 Å². The van der Waals surface area contributed by atoms with Gasteiger partial charge in [0.2, 0.25) is 5.88 Å². The van der Waals surface area contributed by atoms with Crippen molar-refractivity contribution in [1.29, 1.82) is 0 Å². The topological polar surface area (TPSA) is 123 Å². The molecule has 1 aromatic heterocycles. The number of carbonyl (C=O) groups excluding carboxylic acids is 1. The van der Waals surface area contributed by atoms with E-state index in [1.165, 1.54) is 24.5 Å². The lowest BCUT2D eigenvalue weighted by Gasteiger charge is -2.47. The highest BCUT2D eigenvalue weighted by Gasteiger charge is 2.52. The summed E-state index contributed by atoms with van der Waals surface area (Å²) in [5.41, 5.74) is 4.35. The second kappa shape index (κ2) is 9.72. The Morgan fingerprint density at radius 2 is 2.18 bits per heavy atom. The summed E-state index contributed by atoms with van der Waals surface area (Å²) in [5.74, 6) is 0.489. The average molecular weight is 476 g/mol. The molecule has 0 aliphatic carbocycles. The Balaban J connectivity index is 1.92. The van der Waals surface area contributed by atoms with Gasteiger partial charge in [0.05, 0.1) is 19.0 Å². The van der Waals surface area contributed by atoms with Crippen molar-refractivity contribution < 1.29 is 23.4 Å². The quantitative estimate of drug-likeness (QED) is 0.526. The van der Waals surface area contributed by atoms with Gasteiger partial charge in [0.25, 0.3) is 5.91 Å². The maximum atomic E-state index is 14.9. The third-order valence-electron chi connectivity index (χ3n) is 5.65. The molecule has 0 spiro atoms. The minimum Gasteiger partial charge on any atom is -0.463 e. The number of benzene rings is 1. The van der Waals surface area contributed by atoms with Gasteiger partial charge in [0.15, 0.2) is 11.8 Å². The Morgan fingerprint density at radius 1 is 1.42 bits per heavy atom.